The van der Waals surface area contributed by atoms with E-state index in [0.29, 0.717) is 32.6 Å². The number of unbranched alkanes of at least 4 members (excludes halogenated alkanes) is 1. The molecule has 1 fully saturated rings. The maximum Gasteiger partial charge on any atom is 0.257 e. The fraction of sp³-hybridized carbons (Fsp3) is 0.522. The van der Waals surface area contributed by atoms with Gasteiger partial charge in [-0.1, -0.05) is 30.3 Å². The summed E-state index contributed by atoms with van der Waals surface area (Å²) in [7, 11) is 0. The van der Waals surface area contributed by atoms with Gasteiger partial charge >= 0.3 is 0 Å². The van der Waals surface area contributed by atoms with E-state index < -0.39 is 0 Å². The average Bonchev–Trinajstić information content (AvgIpc) is 3.21. The SMILES string of the molecule is O=C(CCCCc1ccccc1)N1CCN(C(=O)c2cnn3c2CCCC3)CC1. The Morgan fingerprint density at radius 1 is 0.897 bits per heavy atom. The highest BCUT2D eigenvalue weighted by Crippen LogP contribution is 2.20. The normalized spacial score (nSPS) is 16.6. The molecule has 2 aliphatic heterocycles. The first-order valence-electron chi connectivity index (χ1n) is 10.9. The number of hydrogen-bond donors (Lipinski definition) is 0. The van der Waals surface area contributed by atoms with Gasteiger partial charge in [0.05, 0.1) is 17.5 Å². The molecular formula is C23H30N4O2. The molecule has 1 aromatic heterocycles. The minimum Gasteiger partial charge on any atom is -0.339 e. The van der Waals surface area contributed by atoms with Crippen LogP contribution < -0.4 is 0 Å². The number of fused-ring (bicyclic) bond motifs is 1. The minimum absolute atomic E-state index is 0.0723. The summed E-state index contributed by atoms with van der Waals surface area (Å²) in [6, 6.07) is 10.4. The van der Waals surface area contributed by atoms with Crippen molar-refractivity contribution < 1.29 is 9.59 Å². The number of benzene rings is 1. The van der Waals surface area contributed by atoms with Crippen LogP contribution in [-0.4, -0.2) is 57.6 Å². The Balaban J connectivity index is 1.21. The molecule has 3 heterocycles. The first kappa shape index (κ1) is 19.7. The molecule has 0 unspecified atom stereocenters. The molecule has 4 rings (SSSR count). The van der Waals surface area contributed by atoms with Crippen molar-refractivity contribution in [3.8, 4) is 0 Å². The molecular weight excluding hydrogens is 364 g/mol. The number of nitrogens with zero attached hydrogens (tertiary/aromatic N) is 4. The molecule has 0 radical (unpaired) electrons. The number of amides is 2. The van der Waals surface area contributed by atoms with Crippen molar-refractivity contribution in [1.29, 1.82) is 0 Å². The Bertz CT molecular complexity index is 838. The Labute approximate surface area is 172 Å². The van der Waals surface area contributed by atoms with Crippen LogP contribution in [0.3, 0.4) is 0 Å². The molecule has 6 heteroatoms. The van der Waals surface area contributed by atoms with Crippen LogP contribution in [0.5, 0.6) is 0 Å². The molecule has 0 bridgehead atoms. The fourth-order valence-corrected chi connectivity index (χ4v) is 4.34. The molecule has 6 nitrogen and oxygen atoms in total. The minimum atomic E-state index is 0.0723. The highest BCUT2D eigenvalue weighted by atomic mass is 16.2. The third-order valence-electron chi connectivity index (χ3n) is 6.08. The summed E-state index contributed by atoms with van der Waals surface area (Å²) in [5.41, 5.74) is 3.16. The van der Waals surface area contributed by atoms with Gasteiger partial charge in [0, 0.05) is 39.1 Å². The Morgan fingerprint density at radius 2 is 1.66 bits per heavy atom. The van der Waals surface area contributed by atoms with E-state index in [-0.39, 0.29) is 11.8 Å². The number of carbonyl (C=O) groups is 2. The molecule has 0 spiro atoms. The average molecular weight is 395 g/mol. The van der Waals surface area contributed by atoms with Crippen LogP contribution in [0.15, 0.2) is 36.5 Å². The summed E-state index contributed by atoms with van der Waals surface area (Å²) in [4.78, 5) is 29.2. The van der Waals surface area contributed by atoms with Crippen molar-refractivity contribution in [1.82, 2.24) is 19.6 Å². The molecule has 1 saturated heterocycles. The first-order chi connectivity index (χ1) is 14.2. The highest BCUT2D eigenvalue weighted by Gasteiger charge is 2.28. The van der Waals surface area contributed by atoms with Crippen molar-refractivity contribution >= 4 is 11.8 Å². The van der Waals surface area contributed by atoms with E-state index >= 15 is 0 Å². The van der Waals surface area contributed by atoms with Gasteiger partial charge in [-0.15, -0.1) is 0 Å². The summed E-state index contributed by atoms with van der Waals surface area (Å²) < 4.78 is 1.98. The van der Waals surface area contributed by atoms with Crippen molar-refractivity contribution in [2.45, 2.75) is 51.5 Å². The van der Waals surface area contributed by atoms with Crippen LogP contribution in [-0.2, 0) is 24.2 Å². The van der Waals surface area contributed by atoms with Gasteiger partial charge in [0.1, 0.15) is 0 Å². The lowest BCUT2D eigenvalue weighted by Crippen LogP contribution is -2.50. The molecule has 29 heavy (non-hydrogen) atoms. The Kier molecular flexibility index (Phi) is 6.27. The summed E-state index contributed by atoms with van der Waals surface area (Å²) in [6.07, 6.45) is 8.48. The monoisotopic (exact) mass is 394 g/mol. The highest BCUT2D eigenvalue weighted by molar-refractivity contribution is 5.95. The zero-order valence-corrected chi connectivity index (χ0v) is 17.1. The fourth-order valence-electron chi connectivity index (χ4n) is 4.34. The number of carbonyl (C=O) groups excluding carboxylic acids is 2. The molecule has 1 aromatic carbocycles. The molecule has 0 saturated carbocycles. The molecule has 2 amide bonds. The predicted octanol–water partition coefficient (Wildman–Crippen LogP) is 2.92. The largest absolute Gasteiger partial charge is 0.339 e. The van der Waals surface area contributed by atoms with Gasteiger partial charge in [0.25, 0.3) is 5.91 Å². The van der Waals surface area contributed by atoms with Gasteiger partial charge in [0.2, 0.25) is 5.91 Å². The van der Waals surface area contributed by atoms with E-state index in [1.165, 1.54) is 5.56 Å². The van der Waals surface area contributed by atoms with Gasteiger partial charge in [0.15, 0.2) is 0 Å². The van der Waals surface area contributed by atoms with E-state index in [2.05, 4.69) is 29.4 Å². The lowest BCUT2D eigenvalue weighted by Gasteiger charge is -2.35. The van der Waals surface area contributed by atoms with E-state index in [9.17, 15) is 9.59 Å². The Hall–Kier alpha value is -2.63. The van der Waals surface area contributed by atoms with Crippen molar-refractivity contribution in [2.75, 3.05) is 26.2 Å². The molecule has 2 aliphatic rings. The van der Waals surface area contributed by atoms with Gasteiger partial charge in [-0.25, -0.2) is 0 Å². The van der Waals surface area contributed by atoms with Crippen LogP contribution in [0, 0.1) is 0 Å². The van der Waals surface area contributed by atoms with Crippen LogP contribution in [0.25, 0.3) is 0 Å². The van der Waals surface area contributed by atoms with Gasteiger partial charge in [-0.05, 0) is 44.1 Å². The smallest absolute Gasteiger partial charge is 0.257 e. The van der Waals surface area contributed by atoms with E-state index in [0.717, 1.165) is 56.3 Å². The van der Waals surface area contributed by atoms with Crippen LogP contribution in [0.4, 0.5) is 0 Å². The molecule has 154 valence electrons. The van der Waals surface area contributed by atoms with E-state index in [1.54, 1.807) is 6.20 Å². The Morgan fingerprint density at radius 3 is 2.45 bits per heavy atom. The zero-order valence-electron chi connectivity index (χ0n) is 17.1. The summed E-state index contributed by atoms with van der Waals surface area (Å²) in [5.74, 6) is 0.288. The molecule has 2 aromatic rings. The second-order valence-electron chi connectivity index (χ2n) is 8.05. The molecule has 0 N–H and O–H groups in total. The summed E-state index contributed by atoms with van der Waals surface area (Å²) >= 11 is 0. The standard InChI is InChI=1S/C23H30N4O2/c28-22(12-5-4-10-19-8-2-1-3-9-19)25-14-16-26(17-15-25)23(29)20-18-24-27-13-7-6-11-21(20)27/h1-3,8-9,18H,4-7,10-17H2. The molecule has 0 atom stereocenters. The maximum atomic E-state index is 12.9. The van der Waals surface area contributed by atoms with E-state index in [4.69, 9.17) is 0 Å². The van der Waals surface area contributed by atoms with Crippen LogP contribution in [0.2, 0.25) is 0 Å². The topological polar surface area (TPSA) is 58.4 Å². The molecule has 0 aliphatic carbocycles. The lowest BCUT2D eigenvalue weighted by molar-refractivity contribution is -0.132. The second-order valence-corrected chi connectivity index (χ2v) is 8.05. The maximum absolute atomic E-state index is 12.9. The van der Waals surface area contributed by atoms with Crippen molar-refractivity contribution in [3.05, 3.63) is 53.3 Å². The summed E-state index contributed by atoms with van der Waals surface area (Å²) in [5, 5.41) is 4.38. The summed E-state index contributed by atoms with van der Waals surface area (Å²) in [6.45, 7) is 3.40. The third-order valence-corrected chi connectivity index (χ3v) is 6.08. The third kappa shape index (κ3) is 4.69. The number of aromatic nitrogens is 2. The number of aryl methyl sites for hydroxylation is 2. The second kappa shape index (κ2) is 9.25. The number of piperazine rings is 1. The number of rotatable bonds is 6. The zero-order chi connectivity index (χ0) is 20.1. The van der Waals surface area contributed by atoms with Gasteiger partial charge in [-0.3, -0.25) is 14.3 Å². The number of hydrogen-bond acceptors (Lipinski definition) is 3. The predicted molar refractivity (Wildman–Crippen MR) is 112 cm³/mol. The van der Waals surface area contributed by atoms with Crippen LogP contribution in [0.1, 0.15) is 53.7 Å². The van der Waals surface area contributed by atoms with Crippen LogP contribution >= 0.6 is 0 Å². The van der Waals surface area contributed by atoms with Gasteiger partial charge in [-0.2, -0.15) is 5.10 Å². The lowest BCUT2D eigenvalue weighted by atomic mass is 10.1. The van der Waals surface area contributed by atoms with E-state index in [1.807, 2.05) is 20.5 Å². The first-order valence-corrected chi connectivity index (χ1v) is 10.9. The van der Waals surface area contributed by atoms with Gasteiger partial charge < -0.3 is 9.80 Å². The van der Waals surface area contributed by atoms with Crippen molar-refractivity contribution in [2.24, 2.45) is 0 Å². The van der Waals surface area contributed by atoms with Crippen molar-refractivity contribution in [3.63, 3.8) is 0 Å². The quantitative estimate of drug-likeness (QED) is 0.708.